The Bertz CT molecular complexity index is 534. The number of carbonyl (C=O) groups excluding carboxylic acids is 1. The van der Waals surface area contributed by atoms with Crippen molar-refractivity contribution in [2.75, 3.05) is 64.4 Å². The first-order valence-corrected chi connectivity index (χ1v) is 9.19. The Morgan fingerprint density at radius 1 is 1.28 bits per heavy atom. The van der Waals surface area contributed by atoms with Gasteiger partial charge in [-0.3, -0.25) is 4.90 Å². The van der Waals surface area contributed by atoms with Gasteiger partial charge in [0.2, 0.25) is 0 Å². The lowest BCUT2D eigenvalue weighted by molar-refractivity contribution is 0.139. The van der Waals surface area contributed by atoms with E-state index in [2.05, 4.69) is 20.1 Å². The normalized spacial score (nSPS) is 21.6. The summed E-state index contributed by atoms with van der Waals surface area (Å²) in [4.78, 5) is 23.4. The average molecular weight is 347 g/mol. The van der Waals surface area contributed by atoms with Crippen LogP contribution < -0.4 is 10.2 Å². The van der Waals surface area contributed by atoms with Crippen molar-refractivity contribution in [2.45, 2.75) is 18.9 Å². The highest BCUT2D eigenvalue weighted by Gasteiger charge is 2.26. The number of urea groups is 1. The summed E-state index contributed by atoms with van der Waals surface area (Å²) in [6.07, 6.45) is 4.16. The third-order valence-electron chi connectivity index (χ3n) is 5.11. The number of methoxy groups -OCH3 is 1. The number of pyridine rings is 1. The molecule has 3 rings (SSSR count). The van der Waals surface area contributed by atoms with Crippen molar-refractivity contribution < 1.29 is 9.53 Å². The smallest absolute Gasteiger partial charge is 0.317 e. The molecule has 1 aromatic heterocycles. The SMILES string of the molecule is COCCN1CCCC1CNC(=O)N1CCN(c2ccccn2)CC1. The van der Waals surface area contributed by atoms with Gasteiger partial charge in [-0.2, -0.15) is 0 Å². The van der Waals surface area contributed by atoms with E-state index in [4.69, 9.17) is 4.74 Å². The number of piperazine rings is 1. The second-order valence-electron chi connectivity index (χ2n) is 6.67. The van der Waals surface area contributed by atoms with E-state index in [0.717, 1.165) is 64.7 Å². The number of amides is 2. The van der Waals surface area contributed by atoms with Crippen LogP contribution in [0.25, 0.3) is 0 Å². The van der Waals surface area contributed by atoms with Gasteiger partial charge < -0.3 is 19.9 Å². The summed E-state index contributed by atoms with van der Waals surface area (Å²) in [5.74, 6) is 0.988. The van der Waals surface area contributed by atoms with Crippen molar-refractivity contribution >= 4 is 11.8 Å². The zero-order chi connectivity index (χ0) is 17.5. The summed E-state index contributed by atoms with van der Waals surface area (Å²) in [5.41, 5.74) is 0. The molecule has 1 aromatic rings. The van der Waals surface area contributed by atoms with E-state index in [1.165, 1.54) is 6.42 Å². The lowest BCUT2D eigenvalue weighted by Crippen LogP contribution is -2.53. The fourth-order valence-electron chi connectivity index (χ4n) is 3.63. The van der Waals surface area contributed by atoms with E-state index in [-0.39, 0.29) is 6.03 Å². The second-order valence-corrected chi connectivity index (χ2v) is 6.67. The third kappa shape index (κ3) is 4.83. The molecule has 2 amide bonds. The van der Waals surface area contributed by atoms with Crippen molar-refractivity contribution in [1.82, 2.24) is 20.1 Å². The number of anilines is 1. The molecule has 0 aliphatic carbocycles. The highest BCUT2D eigenvalue weighted by molar-refractivity contribution is 5.74. The fourth-order valence-corrected chi connectivity index (χ4v) is 3.63. The first kappa shape index (κ1) is 17.9. The zero-order valence-corrected chi connectivity index (χ0v) is 15.1. The lowest BCUT2D eigenvalue weighted by atomic mass is 10.2. The summed E-state index contributed by atoms with van der Waals surface area (Å²) >= 11 is 0. The molecule has 1 atom stereocenters. The number of rotatable bonds is 6. The van der Waals surface area contributed by atoms with Crippen LogP contribution in [0.5, 0.6) is 0 Å². The van der Waals surface area contributed by atoms with Crippen LogP contribution in [0.15, 0.2) is 24.4 Å². The van der Waals surface area contributed by atoms with Gasteiger partial charge in [0.1, 0.15) is 5.82 Å². The van der Waals surface area contributed by atoms with Gasteiger partial charge in [-0.25, -0.2) is 9.78 Å². The molecule has 138 valence electrons. The van der Waals surface area contributed by atoms with Gasteiger partial charge in [0.05, 0.1) is 6.61 Å². The van der Waals surface area contributed by atoms with Gasteiger partial charge in [0, 0.05) is 58.6 Å². The number of ether oxygens (including phenoxy) is 1. The lowest BCUT2D eigenvalue weighted by Gasteiger charge is -2.35. The van der Waals surface area contributed by atoms with Crippen LogP contribution in [0.3, 0.4) is 0 Å². The minimum atomic E-state index is 0.0549. The van der Waals surface area contributed by atoms with Crippen molar-refractivity contribution in [3.8, 4) is 0 Å². The summed E-state index contributed by atoms with van der Waals surface area (Å²) in [6.45, 7) is 6.65. The van der Waals surface area contributed by atoms with Gasteiger partial charge >= 0.3 is 6.03 Å². The molecule has 0 radical (unpaired) electrons. The maximum Gasteiger partial charge on any atom is 0.317 e. The predicted octanol–water partition coefficient (Wildman–Crippen LogP) is 1.02. The number of likely N-dealkylation sites (tertiary alicyclic amines) is 1. The standard InChI is InChI=1S/C18H29N5O2/c1-25-14-13-21-8-4-5-16(21)15-20-18(24)23-11-9-22(10-12-23)17-6-2-3-7-19-17/h2-3,6-7,16H,4-5,8-15H2,1H3,(H,20,24). The van der Waals surface area contributed by atoms with E-state index in [0.29, 0.717) is 6.04 Å². The van der Waals surface area contributed by atoms with Crippen molar-refractivity contribution in [1.29, 1.82) is 0 Å². The van der Waals surface area contributed by atoms with E-state index in [1.807, 2.05) is 29.3 Å². The van der Waals surface area contributed by atoms with E-state index in [9.17, 15) is 4.79 Å². The van der Waals surface area contributed by atoms with E-state index >= 15 is 0 Å². The maximum atomic E-state index is 12.5. The fraction of sp³-hybridized carbons (Fsp3) is 0.667. The minimum Gasteiger partial charge on any atom is -0.383 e. The molecule has 7 heteroatoms. The second kappa shape index (κ2) is 9.01. The van der Waals surface area contributed by atoms with Crippen LogP contribution >= 0.6 is 0 Å². The highest BCUT2D eigenvalue weighted by Crippen LogP contribution is 2.16. The molecule has 25 heavy (non-hydrogen) atoms. The Morgan fingerprint density at radius 3 is 2.84 bits per heavy atom. The maximum absolute atomic E-state index is 12.5. The van der Waals surface area contributed by atoms with Gasteiger partial charge in [-0.15, -0.1) is 0 Å². The van der Waals surface area contributed by atoms with Crippen LogP contribution in [0, 0.1) is 0 Å². The molecular formula is C18H29N5O2. The first-order chi connectivity index (χ1) is 12.3. The molecule has 2 saturated heterocycles. The molecule has 0 spiro atoms. The molecule has 7 nitrogen and oxygen atoms in total. The van der Waals surface area contributed by atoms with Crippen molar-refractivity contribution in [2.24, 2.45) is 0 Å². The summed E-state index contributed by atoms with van der Waals surface area (Å²) in [6, 6.07) is 6.43. The predicted molar refractivity (Wildman–Crippen MR) is 97.9 cm³/mol. The molecule has 2 aliphatic rings. The Morgan fingerprint density at radius 2 is 2.12 bits per heavy atom. The molecule has 3 heterocycles. The Balaban J connectivity index is 1.41. The van der Waals surface area contributed by atoms with Gasteiger partial charge in [-0.1, -0.05) is 6.07 Å². The topological polar surface area (TPSA) is 60.9 Å². The number of carbonyl (C=O) groups is 1. The monoisotopic (exact) mass is 347 g/mol. The van der Waals surface area contributed by atoms with Gasteiger partial charge in [0.25, 0.3) is 0 Å². The zero-order valence-electron chi connectivity index (χ0n) is 15.1. The number of nitrogens with one attached hydrogen (secondary N) is 1. The van der Waals surface area contributed by atoms with Crippen molar-refractivity contribution in [3.63, 3.8) is 0 Å². The third-order valence-corrected chi connectivity index (χ3v) is 5.11. The van der Waals surface area contributed by atoms with Crippen LogP contribution in [0.1, 0.15) is 12.8 Å². The van der Waals surface area contributed by atoms with Crippen LogP contribution in [0.2, 0.25) is 0 Å². The Hall–Kier alpha value is -1.86. The minimum absolute atomic E-state index is 0.0549. The highest BCUT2D eigenvalue weighted by atomic mass is 16.5. The molecule has 2 fully saturated rings. The van der Waals surface area contributed by atoms with E-state index < -0.39 is 0 Å². The van der Waals surface area contributed by atoms with E-state index in [1.54, 1.807) is 7.11 Å². The van der Waals surface area contributed by atoms with Crippen LogP contribution in [0.4, 0.5) is 10.6 Å². The van der Waals surface area contributed by atoms with Gasteiger partial charge in [0.15, 0.2) is 0 Å². The molecular weight excluding hydrogens is 318 g/mol. The number of hydrogen-bond donors (Lipinski definition) is 1. The molecule has 0 bridgehead atoms. The molecule has 2 aliphatic heterocycles. The molecule has 1 N–H and O–H groups in total. The quantitative estimate of drug-likeness (QED) is 0.833. The van der Waals surface area contributed by atoms with Gasteiger partial charge in [-0.05, 0) is 31.5 Å². The van der Waals surface area contributed by atoms with Crippen LogP contribution in [-0.4, -0.2) is 86.4 Å². The first-order valence-electron chi connectivity index (χ1n) is 9.19. The Kier molecular flexibility index (Phi) is 6.47. The molecule has 1 unspecified atom stereocenters. The molecule has 0 aromatic carbocycles. The summed E-state index contributed by atoms with van der Waals surface area (Å²) in [7, 11) is 1.73. The number of nitrogens with zero attached hydrogens (tertiary/aromatic N) is 4. The van der Waals surface area contributed by atoms with Crippen molar-refractivity contribution in [3.05, 3.63) is 24.4 Å². The molecule has 0 saturated carbocycles. The Labute approximate surface area is 149 Å². The summed E-state index contributed by atoms with van der Waals surface area (Å²) < 4.78 is 5.17. The summed E-state index contributed by atoms with van der Waals surface area (Å²) in [5, 5.41) is 3.13. The average Bonchev–Trinajstić information content (AvgIpc) is 3.12. The number of hydrogen-bond acceptors (Lipinski definition) is 5. The van der Waals surface area contributed by atoms with Crippen LogP contribution in [-0.2, 0) is 4.74 Å². The largest absolute Gasteiger partial charge is 0.383 e. The number of aromatic nitrogens is 1.